The van der Waals surface area contributed by atoms with Crippen LogP contribution < -0.4 is 25.1 Å². The van der Waals surface area contributed by atoms with Crippen LogP contribution in [0.5, 0.6) is 17.2 Å². The lowest BCUT2D eigenvalue weighted by Gasteiger charge is -2.16. The number of nitrogens with zero attached hydrogens (tertiary/aromatic N) is 2. The number of hydrogen-bond donors (Lipinski definition) is 3. The summed E-state index contributed by atoms with van der Waals surface area (Å²) in [6.07, 6.45) is -0.839. The fraction of sp³-hybridized carbons (Fsp3) is 0.304. The second-order valence-electron chi connectivity index (χ2n) is 7.10. The molecule has 3 N–H and O–H groups in total. The Balaban J connectivity index is 1.55. The Hall–Kier alpha value is -3.86. The average molecular weight is 486 g/mol. The van der Waals surface area contributed by atoms with E-state index in [1.165, 1.54) is 4.57 Å². The largest absolute Gasteiger partial charge is 0.494 e. The highest BCUT2D eigenvalue weighted by molar-refractivity contribution is 7.71. The van der Waals surface area contributed by atoms with Crippen molar-refractivity contribution in [2.24, 2.45) is 0 Å². The third-order valence-electron chi connectivity index (χ3n) is 4.63. The van der Waals surface area contributed by atoms with Crippen LogP contribution in [0.4, 0.5) is 0 Å². The normalized spacial score (nSPS) is 11.4. The van der Waals surface area contributed by atoms with Crippen molar-refractivity contribution in [3.63, 3.8) is 0 Å². The molecule has 1 unspecified atom stereocenters. The van der Waals surface area contributed by atoms with E-state index in [0.29, 0.717) is 30.5 Å². The minimum Gasteiger partial charge on any atom is -0.494 e. The number of carbonyl (C=O) groups excluding carboxylic acids is 2. The van der Waals surface area contributed by atoms with Gasteiger partial charge in [0.05, 0.1) is 13.2 Å². The van der Waals surface area contributed by atoms with Gasteiger partial charge in [0, 0.05) is 5.56 Å². The fourth-order valence-corrected chi connectivity index (χ4v) is 3.20. The van der Waals surface area contributed by atoms with E-state index in [1.807, 2.05) is 38.1 Å². The van der Waals surface area contributed by atoms with Crippen molar-refractivity contribution in [1.82, 2.24) is 25.6 Å². The molecule has 0 saturated carbocycles. The molecule has 34 heavy (non-hydrogen) atoms. The summed E-state index contributed by atoms with van der Waals surface area (Å²) in [5.41, 5.74) is 5.50. The first-order valence-corrected chi connectivity index (χ1v) is 11.2. The van der Waals surface area contributed by atoms with Crippen molar-refractivity contribution >= 4 is 24.0 Å². The van der Waals surface area contributed by atoms with Crippen LogP contribution in [-0.4, -0.2) is 45.9 Å². The zero-order valence-electron chi connectivity index (χ0n) is 19.2. The highest BCUT2D eigenvalue weighted by atomic mass is 32.1. The molecule has 3 rings (SSSR count). The van der Waals surface area contributed by atoms with Crippen LogP contribution >= 0.6 is 12.2 Å². The van der Waals surface area contributed by atoms with Crippen LogP contribution in [0.1, 0.15) is 20.8 Å². The Labute approximate surface area is 202 Å². The Morgan fingerprint density at radius 3 is 2.12 bits per heavy atom. The SMILES string of the molecule is CCOc1ccc(OC(C)C(=O)NNC(=O)Cn2c(-c3ccc(OCC)cc3)n[nH]c2=S)cc1. The molecule has 0 aliphatic rings. The minimum absolute atomic E-state index is 0.147. The molecule has 0 aliphatic heterocycles. The molecule has 0 fully saturated rings. The maximum atomic E-state index is 12.5. The average Bonchev–Trinajstić information content (AvgIpc) is 3.19. The van der Waals surface area contributed by atoms with Gasteiger partial charge in [-0.15, -0.1) is 0 Å². The van der Waals surface area contributed by atoms with E-state index in [4.69, 9.17) is 26.4 Å². The summed E-state index contributed by atoms with van der Waals surface area (Å²) in [5.74, 6) is 1.44. The Kier molecular flexibility index (Phi) is 8.63. The van der Waals surface area contributed by atoms with Crippen molar-refractivity contribution in [1.29, 1.82) is 0 Å². The van der Waals surface area contributed by atoms with Crippen molar-refractivity contribution in [2.75, 3.05) is 13.2 Å². The molecule has 0 aliphatic carbocycles. The maximum Gasteiger partial charge on any atom is 0.279 e. The number of H-pyrrole nitrogens is 1. The molecule has 11 heteroatoms. The highest BCUT2D eigenvalue weighted by Crippen LogP contribution is 2.21. The van der Waals surface area contributed by atoms with Crippen molar-refractivity contribution in [2.45, 2.75) is 33.4 Å². The van der Waals surface area contributed by atoms with Gasteiger partial charge in [-0.25, -0.2) is 0 Å². The van der Waals surface area contributed by atoms with E-state index in [1.54, 1.807) is 31.2 Å². The molecule has 1 aromatic heterocycles. The molecule has 0 radical (unpaired) electrons. The second-order valence-corrected chi connectivity index (χ2v) is 7.48. The van der Waals surface area contributed by atoms with Gasteiger partial charge in [0.1, 0.15) is 23.8 Å². The smallest absolute Gasteiger partial charge is 0.279 e. The third-order valence-corrected chi connectivity index (χ3v) is 4.94. The number of amides is 2. The lowest BCUT2D eigenvalue weighted by atomic mass is 10.2. The maximum absolute atomic E-state index is 12.5. The molecular weight excluding hydrogens is 458 g/mol. The molecule has 180 valence electrons. The van der Waals surface area contributed by atoms with Gasteiger partial charge in [0.2, 0.25) is 0 Å². The molecule has 1 atom stereocenters. The summed E-state index contributed by atoms with van der Waals surface area (Å²) in [4.78, 5) is 24.8. The van der Waals surface area contributed by atoms with Gasteiger partial charge in [0.15, 0.2) is 16.7 Å². The molecule has 3 aromatic rings. The number of hydrazine groups is 1. The first-order valence-electron chi connectivity index (χ1n) is 10.8. The Bertz CT molecular complexity index is 1160. The van der Waals surface area contributed by atoms with Crippen molar-refractivity contribution in [3.05, 3.63) is 53.3 Å². The fourth-order valence-electron chi connectivity index (χ4n) is 3.01. The molecule has 2 amide bonds. The van der Waals surface area contributed by atoms with Gasteiger partial charge < -0.3 is 14.2 Å². The van der Waals surface area contributed by atoms with E-state index >= 15 is 0 Å². The Morgan fingerprint density at radius 1 is 0.971 bits per heavy atom. The van der Waals surface area contributed by atoms with Gasteiger partial charge >= 0.3 is 0 Å². The lowest BCUT2D eigenvalue weighted by Crippen LogP contribution is -2.48. The monoisotopic (exact) mass is 485 g/mol. The minimum atomic E-state index is -0.839. The van der Waals surface area contributed by atoms with E-state index in [2.05, 4.69) is 21.0 Å². The number of aromatic amines is 1. The Morgan fingerprint density at radius 2 is 1.53 bits per heavy atom. The third kappa shape index (κ3) is 6.58. The van der Waals surface area contributed by atoms with Gasteiger partial charge in [-0.05, 0) is 81.5 Å². The lowest BCUT2D eigenvalue weighted by molar-refractivity contribution is -0.132. The van der Waals surface area contributed by atoms with Gasteiger partial charge in [-0.1, -0.05) is 0 Å². The summed E-state index contributed by atoms with van der Waals surface area (Å²) >= 11 is 5.26. The molecule has 2 aromatic carbocycles. The number of hydrogen-bond acceptors (Lipinski definition) is 7. The first kappa shape index (κ1) is 24.8. The molecule has 1 heterocycles. The van der Waals surface area contributed by atoms with Crippen molar-refractivity contribution < 1.29 is 23.8 Å². The standard InChI is InChI=1S/C23H27N5O5S/c1-4-31-17-8-6-16(7-9-17)21-25-27-23(34)28(21)14-20(29)24-26-22(30)15(3)33-19-12-10-18(11-13-19)32-5-2/h6-13,15H,4-5,14H2,1-3H3,(H,24,29)(H,26,30)(H,27,34). The highest BCUT2D eigenvalue weighted by Gasteiger charge is 2.17. The summed E-state index contributed by atoms with van der Waals surface area (Å²) in [6.45, 7) is 6.36. The van der Waals surface area contributed by atoms with Gasteiger partial charge in [-0.2, -0.15) is 5.10 Å². The summed E-state index contributed by atoms with van der Waals surface area (Å²) < 4.78 is 18.2. The zero-order valence-corrected chi connectivity index (χ0v) is 20.0. The molecule has 0 spiro atoms. The number of aromatic nitrogens is 3. The summed E-state index contributed by atoms with van der Waals surface area (Å²) in [7, 11) is 0. The quantitative estimate of drug-likeness (QED) is 0.298. The first-order chi connectivity index (χ1) is 16.4. The van der Waals surface area contributed by atoms with Crippen LogP contribution in [0.15, 0.2) is 48.5 Å². The van der Waals surface area contributed by atoms with Gasteiger partial charge in [0.25, 0.3) is 11.8 Å². The molecule has 0 saturated heterocycles. The van der Waals surface area contributed by atoms with Crippen LogP contribution in [0.2, 0.25) is 0 Å². The number of rotatable bonds is 10. The predicted molar refractivity (Wildman–Crippen MR) is 128 cm³/mol. The summed E-state index contributed by atoms with van der Waals surface area (Å²) in [5, 5.41) is 6.90. The van der Waals surface area contributed by atoms with Crippen LogP contribution in [-0.2, 0) is 16.1 Å². The topological polar surface area (TPSA) is 120 Å². The van der Waals surface area contributed by atoms with Crippen LogP contribution in [0.25, 0.3) is 11.4 Å². The van der Waals surface area contributed by atoms with E-state index < -0.39 is 17.9 Å². The van der Waals surface area contributed by atoms with Crippen LogP contribution in [0, 0.1) is 4.77 Å². The van der Waals surface area contributed by atoms with Crippen molar-refractivity contribution in [3.8, 4) is 28.6 Å². The molecule has 0 bridgehead atoms. The summed E-state index contributed by atoms with van der Waals surface area (Å²) in [6, 6.07) is 14.2. The number of ether oxygens (including phenoxy) is 3. The number of carbonyl (C=O) groups is 2. The van der Waals surface area contributed by atoms with Crippen LogP contribution in [0.3, 0.4) is 0 Å². The predicted octanol–water partition coefficient (Wildman–Crippen LogP) is 3.02. The molecular formula is C23H27N5O5S. The zero-order chi connectivity index (χ0) is 24.5. The second kappa shape index (κ2) is 11.8. The van der Waals surface area contributed by atoms with Gasteiger partial charge in [-0.3, -0.25) is 30.1 Å². The number of benzene rings is 2. The molecule has 10 nitrogen and oxygen atoms in total. The van der Waals surface area contributed by atoms with E-state index in [9.17, 15) is 9.59 Å². The van der Waals surface area contributed by atoms with E-state index in [0.717, 1.165) is 11.3 Å². The number of nitrogens with one attached hydrogen (secondary N) is 3. The van der Waals surface area contributed by atoms with E-state index in [-0.39, 0.29) is 11.3 Å².